The van der Waals surface area contributed by atoms with Crippen molar-refractivity contribution in [1.82, 2.24) is 9.62 Å². The minimum absolute atomic E-state index is 0.0349. The van der Waals surface area contributed by atoms with Gasteiger partial charge in [0.05, 0.1) is 4.90 Å². The largest absolute Gasteiger partial charge is 0.369 e. The fourth-order valence-electron chi connectivity index (χ4n) is 3.13. The van der Waals surface area contributed by atoms with Crippen molar-refractivity contribution < 1.29 is 17.6 Å². The fraction of sp³-hybridized carbons (Fsp3) is 0.350. The van der Waals surface area contributed by atoms with Gasteiger partial charge in [-0.25, -0.2) is 12.8 Å². The standard InChI is InChI=1S/C20H24FN3O3S/c1-15(2)22-20(25)16-4-3-5-19(14-16)28(26,27)24-12-10-23(11-13-24)18-8-6-17(21)7-9-18/h3-9,14-15H,10-13H2,1-2H3,(H,22,25). The van der Waals surface area contributed by atoms with Crippen molar-refractivity contribution in [1.29, 1.82) is 0 Å². The number of rotatable bonds is 5. The summed E-state index contributed by atoms with van der Waals surface area (Å²) < 4.78 is 40.5. The van der Waals surface area contributed by atoms with Crippen molar-refractivity contribution in [3.63, 3.8) is 0 Å². The summed E-state index contributed by atoms with van der Waals surface area (Å²) in [4.78, 5) is 14.3. The number of carbonyl (C=O) groups excluding carboxylic acids is 1. The van der Waals surface area contributed by atoms with Gasteiger partial charge in [-0.15, -0.1) is 0 Å². The van der Waals surface area contributed by atoms with Crippen molar-refractivity contribution in [3.8, 4) is 0 Å². The van der Waals surface area contributed by atoms with Crippen LogP contribution >= 0.6 is 0 Å². The first-order chi connectivity index (χ1) is 13.3. The molecule has 1 amide bonds. The number of benzene rings is 2. The number of amides is 1. The molecule has 0 atom stereocenters. The molecule has 150 valence electrons. The van der Waals surface area contributed by atoms with E-state index >= 15 is 0 Å². The molecule has 0 spiro atoms. The molecule has 1 fully saturated rings. The van der Waals surface area contributed by atoms with Crippen LogP contribution in [0.15, 0.2) is 53.4 Å². The number of nitrogens with zero attached hydrogens (tertiary/aromatic N) is 2. The molecule has 0 radical (unpaired) electrons. The second-order valence-electron chi connectivity index (χ2n) is 7.02. The first-order valence-electron chi connectivity index (χ1n) is 9.19. The molecular weight excluding hydrogens is 381 g/mol. The molecule has 0 aromatic heterocycles. The minimum atomic E-state index is -3.69. The van der Waals surface area contributed by atoms with Crippen molar-refractivity contribution >= 4 is 21.6 Å². The summed E-state index contributed by atoms with van der Waals surface area (Å²) in [6.07, 6.45) is 0. The molecule has 1 heterocycles. The van der Waals surface area contributed by atoms with Crippen LogP contribution < -0.4 is 10.2 Å². The van der Waals surface area contributed by atoms with Gasteiger partial charge in [-0.2, -0.15) is 4.31 Å². The highest BCUT2D eigenvalue weighted by Gasteiger charge is 2.29. The molecular formula is C20H24FN3O3S. The summed E-state index contributed by atoms with van der Waals surface area (Å²) in [5, 5.41) is 2.76. The Kier molecular flexibility index (Phi) is 6.00. The third-order valence-electron chi connectivity index (χ3n) is 4.58. The van der Waals surface area contributed by atoms with Crippen LogP contribution in [0.1, 0.15) is 24.2 Å². The fourth-order valence-corrected chi connectivity index (χ4v) is 4.60. The van der Waals surface area contributed by atoms with Gasteiger partial charge in [-0.3, -0.25) is 4.79 Å². The molecule has 28 heavy (non-hydrogen) atoms. The number of anilines is 1. The molecule has 0 saturated carbocycles. The Bertz CT molecular complexity index is 937. The van der Waals surface area contributed by atoms with Crippen LogP contribution in [0.2, 0.25) is 0 Å². The highest BCUT2D eigenvalue weighted by atomic mass is 32.2. The average Bonchev–Trinajstić information content (AvgIpc) is 2.68. The average molecular weight is 405 g/mol. The van der Waals surface area contributed by atoms with E-state index in [9.17, 15) is 17.6 Å². The second-order valence-corrected chi connectivity index (χ2v) is 8.96. The van der Waals surface area contributed by atoms with E-state index in [2.05, 4.69) is 5.32 Å². The summed E-state index contributed by atoms with van der Waals surface area (Å²) in [7, 11) is -3.69. The number of hydrogen-bond acceptors (Lipinski definition) is 4. The van der Waals surface area contributed by atoms with Gasteiger partial charge in [-0.05, 0) is 56.3 Å². The van der Waals surface area contributed by atoms with Crippen LogP contribution in [0.3, 0.4) is 0 Å². The summed E-state index contributed by atoms with van der Waals surface area (Å²) in [6.45, 7) is 5.36. The van der Waals surface area contributed by atoms with E-state index in [1.807, 2.05) is 18.7 Å². The van der Waals surface area contributed by atoms with Gasteiger partial charge in [0.1, 0.15) is 5.82 Å². The minimum Gasteiger partial charge on any atom is -0.369 e. The highest BCUT2D eigenvalue weighted by Crippen LogP contribution is 2.22. The highest BCUT2D eigenvalue weighted by molar-refractivity contribution is 7.89. The predicted molar refractivity (Wildman–Crippen MR) is 106 cm³/mol. The normalized spacial score (nSPS) is 15.6. The number of halogens is 1. The molecule has 6 nitrogen and oxygen atoms in total. The lowest BCUT2D eigenvalue weighted by Gasteiger charge is -2.35. The van der Waals surface area contributed by atoms with Gasteiger partial charge < -0.3 is 10.2 Å². The first kappa shape index (κ1) is 20.3. The van der Waals surface area contributed by atoms with E-state index < -0.39 is 10.0 Å². The maximum atomic E-state index is 13.1. The van der Waals surface area contributed by atoms with E-state index in [4.69, 9.17) is 0 Å². The smallest absolute Gasteiger partial charge is 0.251 e. The lowest BCUT2D eigenvalue weighted by molar-refractivity contribution is 0.0943. The van der Waals surface area contributed by atoms with Crippen molar-refractivity contribution in [2.24, 2.45) is 0 Å². The number of nitrogens with one attached hydrogen (secondary N) is 1. The maximum Gasteiger partial charge on any atom is 0.251 e. The molecule has 2 aromatic rings. The van der Waals surface area contributed by atoms with Crippen LogP contribution in [-0.4, -0.2) is 50.9 Å². The number of sulfonamides is 1. The van der Waals surface area contributed by atoms with E-state index in [0.29, 0.717) is 31.7 Å². The molecule has 1 aliphatic rings. The molecule has 1 N–H and O–H groups in total. The van der Waals surface area contributed by atoms with Crippen molar-refractivity contribution in [2.45, 2.75) is 24.8 Å². The Balaban J connectivity index is 1.72. The third-order valence-corrected chi connectivity index (χ3v) is 6.48. The Hall–Kier alpha value is -2.45. The number of piperazine rings is 1. The molecule has 0 aliphatic carbocycles. The van der Waals surface area contributed by atoms with E-state index in [-0.39, 0.29) is 22.7 Å². The summed E-state index contributed by atoms with van der Waals surface area (Å²) in [5.41, 5.74) is 1.19. The zero-order chi connectivity index (χ0) is 20.3. The molecule has 3 rings (SSSR count). The van der Waals surface area contributed by atoms with Gasteiger partial charge in [0.2, 0.25) is 10.0 Å². The Labute approximate surface area is 165 Å². The quantitative estimate of drug-likeness (QED) is 0.830. The molecule has 8 heteroatoms. The van der Waals surface area contributed by atoms with Crippen molar-refractivity contribution in [3.05, 3.63) is 59.9 Å². The summed E-state index contributed by atoms with van der Waals surface area (Å²) in [6, 6.07) is 12.2. The Morgan fingerprint density at radius 1 is 1.04 bits per heavy atom. The monoisotopic (exact) mass is 405 g/mol. The van der Waals surface area contributed by atoms with Crippen LogP contribution in [0.25, 0.3) is 0 Å². The SMILES string of the molecule is CC(C)NC(=O)c1cccc(S(=O)(=O)N2CCN(c3ccc(F)cc3)CC2)c1. The lowest BCUT2D eigenvalue weighted by Crippen LogP contribution is -2.48. The number of carbonyl (C=O) groups is 1. The van der Waals surface area contributed by atoms with Gasteiger partial charge in [-0.1, -0.05) is 6.07 Å². The van der Waals surface area contributed by atoms with Gasteiger partial charge in [0, 0.05) is 43.5 Å². The predicted octanol–water partition coefficient (Wildman–Crippen LogP) is 2.47. The maximum absolute atomic E-state index is 13.1. The summed E-state index contributed by atoms with van der Waals surface area (Å²) >= 11 is 0. The first-order valence-corrected chi connectivity index (χ1v) is 10.6. The van der Waals surface area contributed by atoms with Crippen LogP contribution in [-0.2, 0) is 10.0 Å². The van der Waals surface area contributed by atoms with Gasteiger partial charge in [0.25, 0.3) is 5.91 Å². The number of hydrogen-bond donors (Lipinski definition) is 1. The zero-order valence-electron chi connectivity index (χ0n) is 15.9. The van der Waals surface area contributed by atoms with Gasteiger partial charge in [0.15, 0.2) is 0 Å². The molecule has 2 aromatic carbocycles. The van der Waals surface area contributed by atoms with E-state index in [0.717, 1.165) is 5.69 Å². The molecule has 0 unspecified atom stereocenters. The topological polar surface area (TPSA) is 69.7 Å². The van der Waals surface area contributed by atoms with Crippen molar-refractivity contribution in [2.75, 3.05) is 31.1 Å². The summed E-state index contributed by atoms with van der Waals surface area (Å²) in [5.74, 6) is -0.598. The Morgan fingerprint density at radius 3 is 2.29 bits per heavy atom. The molecule has 1 saturated heterocycles. The van der Waals surface area contributed by atoms with Crippen LogP contribution in [0, 0.1) is 5.82 Å². The lowest BCUT2D eigenvalue weighted by atomic mass is 10.2. The van der Waals surface area contributed by atoms with E-state index in [1.54, 1.807) is 24.3 Å². The van der Waals surface area contributed by atoms with Crippen LogP contribution in [0.4, 0.5) is 10.1 Å². The molecule has 0 bridgehead atoms. The van der Waals surface area contributed by atoms with E-state index in [1.165, 1.54) is 28.6 Å². The Morgan fingerprint density at radius 2 is 1.68 bits per heavy atom. The van der Waals surface area contributed by atoms with Crippen LogP contribution in [0.5, 0.6) is 0 Å². The second kappa shape index (κ2) is 8.28. The molecule has 1 aliphatic heterocycles. The van der Waals surface area contributed by atoms with Gasteiger partial charge >= 0.3 is 0 Å². The zero-order valence-corrected chi connectivity index (χ0v) is 16.7. The third kappa shape index (κ3) is 4.51.